The summed E-state index contributed by atoms with van der Waals surface area (Å²) in [6.07, 6.45) is -0.0620. The summed E-state index contributed by atoms with van der Waals surface area (Å²) < 4.78 is 48.5. The number of furan rings is 1. The molecule has 0 fully saturated rings. The number of nitrogens with one attached hydrogen (secondary N) is 1. The Kier molecular flexibility index (Phi) is 5.09. The molecule has 1 amide bonds. The fourth-order valence-corrected chi connectivity index (χ4v) is 3.07. The maximum absolute atomic E-state index is 12.5. The summed E-state index contributed by atoms with van der Waals surface area (Å²) in [5.74, 6) is -1.27. The maximum atomic E-state index is 12.5. The Morgan fingerprint density at radius 3 is 2.81 bits per heavy atom. The fourth-order valence-electron chi connectivity index (χ4n) is 3.07. The molecule has 160 valence electrons. The van der Waals surface area contributed by atoms with Gasteiger partial charge in [-0.2, -0.15) is 18.3 Å². The van der Waals surface area contributed by atoms with Crippen molar-refractivity contribution in [2.45, 2.75) is 19.6 Å². The average molecular weight is 432 g/mol. The molecule has 0 spiro atoms. The second-order valence-electron chi connectivity index (χ2n) is 6.76. The van der Waals surface area contributed by atoms with Gasteiger partial charge in [-0.25, -0.2) is 14.3 Å². The molecule has 0 bridgehead atoms. The van der Waals surface area contributed by atoms with E-state index in [9.17, 15) is 22.8 Å². The number of fused-ring (bicyclic) bond motifs is 2. The molecule has 1 aromatic carbocycles. The first-order valence-electron chi connectivity index (χ1n) is 9.05. The number of rotatable bonds is 5. The summed E-state index contributed by atoms with van der Waals surface area (Å²) in [5, 5.41) is 7.22. The lowest BCUT2D eigenvalue weighted by Crippen LogP contribution is -2.22. The molecule has 4 rings (SSSR count). The molecule has 11 heteroatoms. The Hall–Kier alpha value is -3.89. The van der Waals surface area contributed by atoms with Gasteiger partial charge in [0.15, 0.2) is 12.3 Å². The number of ether oxygens (including phenoxy) is 1. The van der Waals surface area contributed by atoms with Crippen LogP contribution in [0.1, 0.15) is 32.0 Å². The van der Waals surface area contributed by atoms with Crippen LogP contribution in [-0.2, 0) is 11.3 Å². The van der Waals surface area contributed by atoms with Gasteiger partial charge in [0.05, 0.1) is 12.7 Å². The molecule has 0 atom stereocenters. The first-order chi connectivity index (χ1) is 14.7. The number of carbonyl (C=O) groups is 2. The SMILES string of the molecule is Cc1cc(C(=O)OCC(F)(F)F)c2oc(CNC(=O)c3cnn4cccnc34)cc2c1. The Morgan fingerprint density at radius 2 is 2.03 bits per heavy atom. The number of amides is 1. The van der Waals surface area contributed by atoms with Gasteiger partial charge in [0.2, 0.25) is 0 Å². The minimum atomic E-state index is -4.63. The fraction of sp³-hybridized carbons (Fsp3) is 0.200. The van der Waals surface area contributed by atoms with E-state index in [2.05, 4.69) is 20.1 Å². The number of hydrogen-bond donors (Lipinski definition) is 1. The molecular formula is C20H15F3N4O4. The monoisotopic (exact) mass is 432 g/mol. The smallest absolute Gasteiger partial charge is 0.422 e. The van der Waals surface area contributed by atoms with E-state index in [0.29, 0.717) is 22.4 Å². The van der Waals surface area contributed by atoms with Gasteiger partial charge >= 0.3 is 12.1 Å². The maximum Gasteiger partial charge on any atom is 0.422 e. The van der Waals surface area contributed by atoms with Crippen LogP contribution in [0.2, 0.25) is 0 Å². The van der Waals surface area contributed by atoms with Crippen LogP contribution >= 0.6 is 0 Å². The van der Waals surface area contributed by atoms with E-state index in [4.69, 9.17) is 4.42 Å². The molecule has 0 saturated carbocycles. The van der Waals surface area contributed by atoms with Crippen molar-refractivity contribution in [2.24, 2.45) is 0 Å². The lowest BCUT2D eigenvalue weighted by molar-refractivity contribution is -0.161. The molecule has 0 unspecified atom stereocenters. The van der Waals surface area contributed by atoms with Crippen molar-refractivity contribution in [3.05, 3.63) is 65.3 Å². The van der Waals surface area contributed by atoms with E-state index in [1.807, 2.05) is 0 Å². The Bertz CT molecular complexity index is 1290. The Labute approximate surface area is 172 Å². The summed E-state index contributed by atoms with van der Waals surface area (Å²) in [4.78, 5) is 28.7. The number of alkyl halides is 3. The second kappa shape index (κ2) is 7.74. The molecule has 8 nitrogen and oxygen atoms in total. The first-order valence-corrected chi connectivity index (χ1v) is 9.05. The number of nitrogens with zero attached hydrogens (tertiary/aromatic N) is 3. The highest BCUT2D eigenvalue weighted by Gasteiger charge is 2.30. The van der Waals surface area contributed by atoms with Crippen molar-refractivity contribution in [1.29, 1.82) is 0 Å². The topological polar surface area (TPSA) is 98.7 Å². The largest absolute Gasteiger partial charge is 0.458 e. The molecule has 0 radical (unpaired) electrons. The van der Waals surface area contributed by atoms with Crippen LogP contribution in [0.4, 0.5) is 13.2 Å². The quantitative estimate of drug-likeness (QED) is 0.485. The van der Waals surface area contributed by atoms with E-state index in [-0.39, 0.29) is 23.3 Å². The van der Waals surface area contributed by atoms with Crippen LogP contribution in [0.3, 0.4) is 0 Å². The summed E-state index contributed by atoms with van der Waals surface area (Å²) in [6.45, 7) is -0.0288. The highest BCUT2D eigenvalue weighted by molar-refractivity contribution is 6.03. The predicted molar refractivity (Wildman–Crippen MR) is 101 cm³/mol. The van der Waals surface area contributed by atoms with Gasteiger partial charge in [-0.3, -0.25) is 4.79 Å². The van der Waals surface area contributed by atoms with Gasteiger partial charge in [-0.05, 0) is 36.8 Å². The Balaban J connectivity index is 1.54. The van der Waals surface area contributed by atoms with E-state index in [1.165, 1.54) is 23.0 Å². The molecule has 1 N–H and O–H groups in total. The zero-order valence-electron chi connectivity index (χ0n) is 16.1. The highest BCUT2D eigenvalue weighted by atomic mass is 19.4. The number of esters is 1. The van der Waals surface area contributed by atoms with Crippen LogP contribution in [-0.4, -0.2) is 39.3 Å². The van der Waals surface area contributed by atoms with E-state index in [1.54, 1.807) is 31.3 Å². The number of hydrogen-bond acceptors (Lipinski definition) is 6. The van der Waals surface area contributed by atoms with Crippen molar-refractivity contribution >= 4 is 28.5 Å². The van der Waals surface area contributed by atoms with Gasteiger partial charge in [0.25, 0.3) is 5.91 Å². The van der Waals surface area contributed by atoms with Crippen molar-refractivity contribution in [3.63, 3.8) is 0 Å². The average Bonchev–Trinajstić information content (AvgIpc) is 3.33. The van der Waals surface area contributed by atoms with Crippen LogP contribution in [0.15, 0.2) is 47.3 Å². The van der Waals surface area contributed by atoms with Gasteiger partial charge in [-0.15, -0.1) is 0 Å². The molecule has 3 aromatic heterocycles. The lowest BCUT2D eigenvalue weighted by atomic mass is 10.1. The van der Waals surface area contributed by atoms with Gasteiger partial charge in [0.1, 0.15) is 22.5 Å². The molecule has 0 saturated heterocycles. The van der Waals surface area contributed by atoms with Crippen molar-refractivity contribution < 1.29 is 31.9 Å². The van der Waals surface area contributed by atoms with Gasteiger partial charge in [-0.1, -0.05) is 0 Å². The van der Waals surface area contributed by atoms with E-state index in [0.717, 1.165) is 0 Å². The summed E-state index contributed by atoms with van der Waals surface area (Å²) in [5.41, 5.74) is 1.25. The second-order valence-corrected chi connectivity index (χ2v) is 6.76. The minimum Gasteiger partial charge on any atom is -0.458 e. The third-order valence-electron chi connectivity index (χ3n) is 4.35. The zero-order chi connectivity index (χ0) is 22.2. The predicted octanol–water partition coefficient (Wildman–Crippen LogP) is 3.43. The Morgan fingerprint density at radius 1 is 1.23 bits per heavy atom. The molecule has 0 aliphatic heterocycles. The van der Waals surface area contributed by atoms with E-state index < -0.39 is 24.7 Å². The van der Waals surface area contributed by atoms with Crippen molar-refractivity contribution in [1.82, 2.24) is 19.9 Å². The third-order valence-corrected chi connectivity index (χ3v) is 4.35. The van der Waals surface area contributed by atoms with Crippen LogP contribution in [0.5, 0.6) is 0 Å². The molecule has 0 aliphatic rings. The molecule has 31 heavy (non-hydrogen) atoms. The van der Waals surface area contributed by atoms with Crippen molar-refractivity contribution in [3.8, 4) is 0 Å². The molecule has 0 aliphatic carbocycles. The van der Waals surface area contributed by atoms with Crippen LogP contribution < -0.4 is 5.32 Å². The molecular weight excluding hydrogens is 417 g/mol. The number of aromatic nitrogens is 3. The number of benzene rings is 1. The van der Waals surface area contributed by atoms with Gasteiger partial charge < -0.3 is 14.5 Å². The van der Waals surface area contributed by atoms with Gasteiger partial charge in [0, 0.05) is 17.8 Å². The summed E-state index contributed by atoms with van der Waals surface area (Å²) >= 11 is 0. The minimum absolute atomic E-state index is 0.0201. The summed E-state index contributed by atoms with van der Waals surface area (Å²) in [7, 11) is 0. The normalized spacial score (nSPS) is 11.7. The number of aryl methyl sites for hydroxylation is 1. The van der Waals surface area contributed by atoms with Crippen LogP contribution in [0, 0.1) is 6.92 Å². The standard InChI is InChI=1S/C20H15F3N4O4/c1-11-5-12-7-13(31-16(12)14(6-11)19(29)30-10-20(21,22)23)8-25-18(28)15-9-26-27-4-2-3-24-17(15)27/h2-7,9H,8,10H2,1H3,(H,25,28). The highest BCUT2D eigenvalue weighted by Crippen LogP contribution is 2.26. The van der Waals surface area contributed by atoms with Crippen molar-refractivity contribution in [2.75, 3.05) is 6.61 Å². The first kappa shape index (κ1) is 20.4. The zero-order valence-corrected chi connectivity index (χ0v) is 16.1. The van der Waals surface area contributed by atoms with Crippen LogP contribution in [0.25, 0.3) is 16.6 Å². The molecule has 3 heterocycles. The lowest BCUT2D eigenvalue weighted by Gasteiger charge is -2.08. The number of halogens is 3. The summed E-state index contributed by atoms with van der Waals surface area (Å²) in [6, 6.07) is 6.37. The van der Waals surface area contributed by atoms with E-state index >= 15 is 0 Å². The number of carbonyl (C=O) groups excluding carboxylic acids is 2. The third kappa shape index (κ3) is 4.34. The molecule has 4 aromatic rings.